The molecule has 2 unspecified atom stereocenters. The van der Waals surface area contributed by atoms with Gasteiger partial charge < -0.3 is 5.32 Å². The van der Waals surface area contributed by atoms with E-state index in [1.54, 1.807) is 11.3 Å². The van der Waals surface area contributed by atoms with Crippen LogP contribution in [0.3, 0.4) is 0 Å². The van der Waals surface area contributed by atoms with Crippen molar-refractivity contribution in [3.63, 3.8) is 0 Å². The Hall–Kier alpha value is -0.000000000000000111. The van der Waals surface area contributed by atoms with Gasteiger partial charge in [-0.3, -0.25) is 0 Å². The van der Waals surface area contributed by atoms with Crippen LogP contribution in [0.5, 0.6) is 0 Å². The van der Waals surface area contributed by atoms with Crippen LogP contribution >= 0.6 is 50.6 Å². The molecule has 0 saturated carbocycles. The van der Waals surface area contributed by atoms with Gasteiger partial charge in [-0.1, -0.05) is 11.6 Å². The Balaban J connectivity index is 1.83. The summed E-state index contributed by atoms with van der Waals surface area (Å²) in [6.07, 6.45) is 1.14. The zero-order chi connectivity index (χ0) is 14.1. The standard InChI is InChI=1S/C15H15BrClNS2/c1-9(15-12(16)4-6-20-15)18-13-5-7-19-14-3-2-10(17)8-11(13)14/h2-4,6,8-9,13,18H,5,7H2,1H3. The molecule has 2 atom stereocenters. The molecule has 0 bridgehead atoms. The number of fused-ring (bicyclic) bond motifs is 1. The molecule has 5 heteroatoms. The van der Waals surface area contributed by atoms with Crippen molar-refractivity contribution in [3.8, 4) is 0 Å². The van der Waals surface area contributed by atoms with Crippen LogP contribution in [0.1, 0.15) is 35.9 Å². The summed E-state index contributed by atoms with van der Waals surface area (Å²) in [4.78, 5) is 2.71. The van der Waals surface area contributed by atoms with Crippen LogP contribution in [0.25, 0.3) is 0 Å². The maximum atomic E-state index is 6.16. The lowest BCUT2D eigenvalue weighted by atomic mass is 10.0. The number of benzene rings is 1. The Kier molecular flexibility index (Phi) is 4.78. The van der Waals surface area contributed by atoms with E-state index in [-0.39, 0.29) is 0 Å². The quantitative estimate of drug-likeness (QED) is 0.686. The number of rotatable bonds is 3. The molecule has 0 amide bonds. The Bertz CT molecular complexity index is 614. The first-order valence-electron chi connectivity index (χ1n) is 6.56. The second-order valence-corrected chi connectivity index (χ2v) is 8.27. The van der Waals surface area contributed by atoms with E-state index in [1.807, 2.05) is 17.8 Å². The third kappa shape index (κ3) is 3.09. The molecule has 2 heterocycles. The maximum Gasteiger partial charge on any atom is 0.0410 e. The topological polar surface area (TPSA) is 12.0 Å². The number of thioether (sulfide) groups is 1. The third-order valence-corrected chi connectivity index (χ3v) is 6.91. The molecule has 106 valence electrons. The van der Waals surface area contributed by atoms with Crippen LogP contribution in [0.15, 0.2) is 39.0 Å². The molecule has 0 aliphatic carbocycles. The molecule has 1 aromatic heterocycles. The fraction of sp³-hybridized carbons (Fsp3) is 0.333. The van der Waals surface area contributed by atoms with Gasteiger partial charge in [0.15, 0.2) is 0 Å². The zero-order valence-electron chi connectivity index (χ0n) is 11.0. The van der Waals surface area contributed by atoms with E-state index in [0.717, 1.165) is 17.2 Å². The normalized spacial score (nSPS) is 19.6. The Morgan fingerprint density at radius 3 is 3.00 bits per heavy atom. The van der Waals surface area contributed by atoms with E-state index in [2.05, 4.69) is 51.7 Å². The Morgan fingerprint density at radius 1 is 1.40 bits per heavy atom. The fourth-order valence-electron chi connectivity index (χ4n) is 2.53. The highest BCUT2D eigenvalue weighted by atomic mass is 79.9. The Labute approximate surface area is 141 Å². The molecular weight excluding hydrogens is 374 g/mol. The average molecular weight is 389 g/mol. The van der Waals surface area contributed by atoms with Gasteiger partial charge in [-0.05, 0) is 70.2 Å². The van der Waals surface area contributed by atoms with Gasteiger partial charge in [-0.2, -0.15) is 0 Å². The highest BCUT2D eigenvalue weighted by Gasteiger charge is 2.23. The molecule has 20 heavy (non-hydrogen) atoms. The summed E-state index contributed by atoms with van der Waals surface area (Å²) in [6.45, 7) is 2.22. The number of hydrogen-bond acceptors (Lipinski definition) is 3. The summed E-state index contributed by atoms with van der Waals surface area (Å²) in [5, 5.41) is 6.70. The fourth-order valence-corrected chi connectivity index (χ4v) is 5.55. The van der Waals surface area contributed by atoms with Crippen molar-refractivity contribution in [3.05, 3.63) is 49.6 Å². The number of nitrogens with one attached hydrogen (secondary N) is 1. The number of thiophene rings is 1. The molecule has 0 radical (unpaired) electrons. The number of hydrogen-bond donors (Lipinski definition) is 1. The molecule has 2 aromatic rings. The molecule has 1 aliphatic heterocycles. The van der Waals surface area contributed by atoms with Gasteiger partial charge in [0.25, 0.3) is 0 Å². The van der Waals surface area contributed by atoms with E-state index in [4.69, 9.17) is 11.6 Å². The van der Waals surface area contributed by atoms with Crippen molar-refractivity contribution in [1.82, 2.24) is 5.32 Å². The summed E-state index contributed by atoms with van der Waals surface area (Å²) < 4.78 is 1.19. The lowest BCUT2D eigenvalue weighted by molar-refractivity contribution is 0.453. The second-order valence-electron chi connectivity index (χ2n) is 4.89. The molecule has 1 N–H and O–H groups in total. The smallest absolute Gasteiger partial charge is 0.0410 e. The highest BCUT2D eigenvalue weighted by Crippen LogP contribution is 2.39. The molecule has 3 rings (SSSR count). The van der Waals surface area contributed by atoms with Crippen molar-refractivity contribution in [1.29, 1.82) is 0 Å². The first-order valence-corrected chi connectivity index (χ1v) is 9.60. The molecule has 1 nitrogen and oxygen atoms in total. The van der Waals surface area contributed by atoms with Gasteiger partial charge in [-0.15, -0.1) is 23.1 Å². The minimum atomic E-state index is 0.337. The summed E-state index contributed by atoms with van der Waals surface area (Å²) >= 11 is 13.5. The third-order valence-electron chi connectivity index (χ3n) is 3.50. The molecule has 1 aliphatic rings. The summed E-state index contributed by atoms with van der Waals surface area (Å²) in [7, 11) is 0. The van der Waals surface area contributed by atoms with Gasteiger partial charge >= 0.3 is 0 Å². The van der Waals surface area contributed by atoms with Crippen molar-refractivity contribution in [2.24, 2.45) is 0 Å². The van der Waals surface area contributed by atoms with Crippen molar-refractivity contribution in [2.75, 3.05) is 5.75 Å². The van der Waals surface area contributed by atoms with Crippen LogP contribution < -0.4 is 5.32 Å². The molecule has 0 fully saturated rings. The van der Waals surface area contributed by atoms with E-state index in [0.29, 0.717) is 12.1 Å². The van der Waals surface area contributed by atoms with Gasteiger partial charge in [-0.25, -0.2) is 0 Å². The molecule has 0 spiro atoms. The predicted molar refractivity (Wildman–Crippen MR) is 93.1 cm³/mol. The minimum Gasteiger partial charge on any atom is -0.302 e. The van der Waals surface area contributed by atoms with Gasteiger partial charge in [0.05, 0.1) is 0 Å². The van der Waals surface area contributed by atoms with Gasteiger partial charge in [0.1, 0.15) is 0 Å². The van der Waals surface area contributed by atoms with Crippen LogP contribution in [0.4, 0.5) is 0 Å². The average Bonchev–Trinajstić information content (AvgIpc) is 2.86. The maximum absolute atomic E-state index is 6.16. The van der Waals surface area contributed by atoms with Crippen LogP contribution in [-0.4, -0.2) is 5.75 Å². The van der Waals surface area contributed by atoms with Crippen molar-refractivity contribution >= 4 is 50.6 Å². The largest absolute Gasteiger partial charge is 0.302 e. The SMILES string of the molecule is CC(NC1CCSc2ccc(Cl)cc21)c1sccc1Br. The van der Waals surface area contributed by atoms with Crippen molar-refractivity contribution < 1.29 is 0 Å². The van der Waals surface area contributed by atoms with Gasteiger partial charge in [0, 0.05) is 31.4 Å². The lowest BCUT2D eigenvalue weighted by Crippen LogP contribution is -2.27. The van der Waals surface area contributed by atoms with Crippen LogP contribution in [-0.2, 0) is 0 Å². The van der Waals surface area contributed by atoms with Crippen molar-refractivity contribution in [2.45, 2.75) is 30.3 Å². The molecule has 0 saturated heterocycles. The molecular formula is C15H15BrClNS2. The Morgan fingerprint density at radius 2 is 2.25 bits per heavy atom. The highest BCUT2D eigenvalue weighted by molar-refractivity contribution is 9.10. The lowest BCUT2D eigenvalue weighted by Gasteiger charge is -2.29. The second kappa shape index (κ2) is 6.41. The first-order chi connectivity index (χ1) is 9.65. The van der Waals surface area contributed by atoms with Crippen LogP contribution in [0.2, 0.25) is 5.02 Å². The van der Waals surface area contributed by atoms with Crippen LogP contribution in [0, 0.1) is 0 Å². The zero-order valence-corrected chi connectivity index (χ0v) is 15.0. The number of halogens is 2. The molecule has 1 aromatic carbocycles. The van der Waals surface area contributed by atoms with E-state index in [1.165, 1.54) is 19.8 Å². The minimum absolute atomic E-state index is 0.337. The summed E-state index contributed by atoms with van der Waals surface area (Å²) in [5.41, 5.74) is 1.34. The summed E-state index contributed by atoms with van der Waals surface area (Å²) in [6, 6.07) is 9.06. The van der Waals surface area contributed by atoms with Gasteiger partial charge in [0.2, 0.25) is 0 Å². The van der Waals surface area contributed by atoms with E-state index in [9.17, 15) is 0 Å². The predicted octanol–water partition coefficient (Wildman–Crippen LogP) is 6.05. The first kappa shape index (κ1) is 14.9. The van der Waals surface area contributed by atoms with E-state index >= 15 is 0 Å². The van der Waals surface area contributed by atoms with E-state index < -0.39 is 0 Å². The summed E-state index contributed by atoms with van der Waals surface area (Å²) in [5.74, 6) is 1.16. The monoisotopic (exact) mass is 387 g/mol.